The molecule has 2 aromatic carbocycles. The molecular formula is C19H24ClNO2. The summed E-state index contributed by atoms with van der Waals surface area (Å²) in [4.78, 5) is 14.9. The van der Waals surface area contributed by atoms with Crippen LogP contribution in [0.5, 0.6) is 5.75 Å². The van der Waals surface area contributed by atoms with Crippen LogP contribution in [-0.2, 0) is 6.42 Å². The first-order valence-electron chi connectivity index (χ1n) is 7.47. The highest BCUT2D eigenvalue weighted by Crippen LogP contribution is 2.19. The summed E-state index contributed by atoms with van der Waals surface area (Å²) in [7, 11) is 5.61. The average Bonchev–Trinajstić information content (AvgIpc) is 2.54. The average molecular weight is 334 g/mol. The van der Waals surface area contributed by atoms with E-state index in [4.69, 9.17) is 4.74 Å². The number of methoxy groups -OCH3 is 1. The summed E-state index contributed by atoms with van der Waals surface area (Å²) >= 11 is 0. The van der Waals surface area contributed by atoms with Crippen LogP contribution in [0.15, 0.2) is 54.6 Å². The molecule has 0 radical (unpaired) electrons. The molecule has 4 heteroatoms. The lowest BCUT2D eigenvalue weighted by Crippen LogP contribution is -2.29. The van der Waals surface area contributed by atoms with Gasteiger partial charge in [-0.15, -0.1) is 12.4 Å². The molecular weight excluding hydrogens is 310 g/mol. The van der Waals surface area contributed by atoms with Crippen molar-refractivity contribution in [2.45, 2.75) is 6.42 Å². The molecule has 23 heavy (non-hydrogen) atoms. The molecule has 0 heterocycles. The van der Waals surface area contributed by atoms with Crippen molar-refractivity contribution in [3.63, 3.8) is 0 Å². The van der Waals surface area contributed by atoms with Crippen molar-refractivity contribution < 1.29 is 9.53 Å². The largest absolute Gasteiger partial charge is 0.497 e. The van der Waals surface area contributed by atoms with Crippen LogP contribution in [0.4, 0.5) is 0 Å². The molecule has 1 unspecified atom stereocenters. The Kier molecular flexibility index (Phi) is 7.79. The highest BCUT2D eigenvalue weighted by atomic mass is 35.5. The van der Waals surface area contributed by atoms with Crippen LogP contribution in [0.25, 0.3) is 0 Å². The minimum Gasteiger partial charge on any atom is -0.497 e. The molecule has 0 N–H and O–H groups in total. The molecule has 124 valence electrons. The van der Waals surface area contributed by atoms with Crippen LogP contribution >= 0.6 is 12.4 Å². The molecule has 0 amide bonds. The van der Waals surface area contributed by atoms with Gasteiger partial charge >= 0.3 is 0 Å². The standard InChI is InChI=1S/C19H23NO2.ClH/c1-20(2)14-17(12-15-8-5-4-6-9-15)19(21)16-10-7-11-18(13-16)22-3;/h4-11,13,17H,12,14H2,1-3H3;1H. The number of Topliss-reactive ketones (excluding diaryl/α,β-unsaturated/α-hetero) is 1. The van der Waals surface area contributed by atoms with Gasteiger partial charge in [0.05, 0.1) is 7.11 Å². The van der Waals surface area contributed by atoms with Gasteiger partial charge in [0.25, 0.3) is 0 Å². The molecule has 2 aromatic rings. The number of carbonyl (C=O) groups is 1. The molecule has 2 rings (SSSR count). The van der Waals surface area contributed by atoms with Crippen molar-refractivity contribution in [2.24, 2.45) is 5.92 Å². The van der Waals surface area contributed by atoms with Crippen LogP contribution in [0.1, 0.15) is 15.9 Å². The first-order valence-corrected chi connectivity index (χ1v) is 7.47. The summed E-state index contributed by atoms with van der Waals surface area (Å²) in [6.45, 7) is 0.727. The van der Waals surface area contributed by atoms with Gasteiger partial charge in [0.15, 0.2) is 5.78 Å². The summed E-state index contributed by atoms with van der Waals surface area (Å²) < 4.78 is 5.22. The van der Waals surface area contributed by atoms with Crippen LogP contribution in [0.3, 0.4) is 0 Å². The van der Waals surface area contributed by atoms with E-state index in [0.717, 1.165) is 13.0 Å². The summed E-state index contributed by atoms with van der Waals surface area (Å²) in [6.07, 6.45) is 0.745. The van der Waals surface area contributed by atoms with Crippen LogP contribution in [0.2, 0.25) is 0 Å². The summed E-state index contributed by atoms with van der Waals surface area (Å²) in [5, 5.41) is 0. The van der Waals surface area contributed by atoms with Crippen molar-refractivity contribution >= 4 is 18.2 Å². The maximum Gasteiger partial charge on any atom is 0.167 e. The molecule has 0 spiro atoms. The Labute approximate surface area is 144 Å². The summed E-state index contributed by atoms with van der Waals surface area (Å²) in [5.74, 6) is 0.815. The number of benzene rings is 2. The molecule has 0 aliphatic carbocycles. The van der Waals surface area contributed by atoms with Crippen molar-refractivity contribution in [1.82, 2.24) is 4.90 Å². The van der Waals surface area contributed by atoms with Crippen LogP contribution in [-0.4, -0.2) is 38.4 Å². The molecule has 1 atom stereocenters. The number of ketones is 1. The number of rotatable bonds is 7. The zero-order valence-corrected chi connectivity index (χ0v) is 14.7. The third-order valence-electron chi connectivity index (χ3n) is 3.64. The van der Waals surface area contributed by atoms with Crippen molar-refractivity contribution in [2.75, 3.05) is 27.7 Å². The predicted octanol–water partition coefficient (Wildman–Crippen LogP) is 3.72. The van der Waals surface area contributed by atoms with Crippen molar-refractivity contribution in [1.29, 1.82) is 0 Å². The van der Waals surface area contributed by atoms with E-state index < -0.39 is 0 Å². The lowest BCUT2D eigenvalue weighted by atomic mass is 9.91. The van der Waals surface area contributed by atoms with E-state index in [1.54, 1.807) is 7.11 Å². The van der Waals surface area contributed by atoms with Gasteiger partial charge in [0.2, 0.25) is 0 Å². The fourth-order valence-electron chi connectivity index (χ4n) is 2.59. The van der Waals surface area contributed by atoms with Crippen molar-refractivity contribution in [3.8, 4) is 5.75 Å². The number of carbonyl (C=O) groups excluding carboxylic acids is 1. The first-order chi connectivity index (χ1) is 10.6. The SMILES string of the molecule is COc1cccc(C(=O)C(Cc2ccccc2)CN(C)C)c1.Cl. The highest BCUT2D eigenvalue weighted by molar-refractivity contribution is 5.98. The smallest absolute Gasteiger partial charge is 0.167 e. The number of ether oxygens (including phenoxy) is 1. The predicted molar refractivity (Wildman–Crippen MR) is 96.8 cm³/mol. The Morgan fingerprint density at radius 1 is 1.09 bits per heavy atom. The fourth-order valence-corrected chi connectivity index (χ4v) is 2.59. The van der Waals surface area contributed by atoms with Crippen LogP contribution in [0, 0.1) is 5.92 Å². The highest BCUT2D eigenvalue weighted by Gasteiger charge is 2.21. The maximum atomic E-state index is 12.9. The first kappa shape index (κ1) is 19.2. The van der Waals surface area contributed by atoms with Gasteiger partial charge in [-0.05, 0) is 38.2 Å². The Balaban J connectivity index is 0.00000264. The molecule has 0 fully saturated rings. The third-order valence-corrected chi connectivity index (χ3v) is 3.64. The van der Waals surface area contributed by atoms with Gasteiger partial charge in [0, 0.05) is 18.0 Å². The van der Waals surface area contributed by atoms with E-state index in [1.807, 2.05) is 56.6 Å². The minimum atomic E-state index is -0.0653. The lowest BCUT2D eigenvalue weighted by molar-refractivity contribution is 0.0896. The number of hydrogen-bond acceptors (Lipinski definition) is 3. The van der Waals surface area contributed by atoms with Gasteiger partial charge in [-0.3, -0.25) is 4.79 Å². The monoisotopic (exact) mass is 333 g/mol. The van der Waals surface area contributed by atoms with Crippen molar-refractivity contribution in [3.05, 3.63) is 65.7 Å². The summed E-state index contributed by atoms with van der Waals surface area (Å²) in [6, 6.07) is 17.6. The Morgan fingerprint density at radius 2 is 1.78 bits per heavy atom. The summed E-state index contributed by atoms with van der Waals surface area (Å²) in [5.41, 5.74) is 1.90. The van der Waals surface area contributed by atoms with E-state index in [1.165, 1.54) is 5.56 Å². The third kappa shape index (κ3) is 5.70. The Hall–Kier alpha value is -1.84. The maximum absolute atomic E-state index is 12.9. The molecule has 0 aliphatic heterocycles. The Bertz CT molecular complexity index is 614. The molecule has 0 aliphatic rings. The fraction of sp³-hybridized carbons (Fsp3) is 0.316. The zero-order valence-electron chi connectivity index (χ0n) is 13.9. The second-order valence-electron chi connectivity index (χ2n) is 5.75. The molecule has 0 aromatic heterocycles. The number of hydrogen-bond donors (Lipinski definition) is 0. The van der Waals surface area contributed by atoms with Gasteiger partial charge in [-0.1, -0.05) is 42.5 Å². The van der Waals surface area contributed by atoms with E-state index in [9.17, 15) is 4.79 Å². The lowest BCUT2D eigenvalue weighted by Gasteiger charge is -2.20. The number of nitrogens with zero attached hydrogens (tertiary/aromatic N) is 1. The van der Waals surface area contributed by atoms with E-state index >= 15 is 0 Å². The Morgan fingerprint density at radius 3 is 2.39 bits per heavy atom. The van der Waals surface area contributed by atoms with E-state index in [2.05, 4.69) is 17.0 Å². The quantitative estimate of drug-likeness (QED) is 0.723. The van der Waals surface area contributed by atoms with Gasteiger partial charge < -0.3 is 9.64 Å². The van der Waals surface area contributed by atoms with Gasteiger partial charge in [0.1, 0.15) is 5.75 Å². The molecule has 0 bridgehead atoms. The number of halogens is 1. The van der Waals surface area contributed by atoms with Gasteiger partial charge in [-0.2, -0.15) is 0 Å². The van der Waals surface area contributed by atoms with Gasteiger partial charge in [-0.25, -0.2) is 0 Å². The second-order valence-corrected chi connectivity index (χ2v) is 5.75. The van der Waals surface area contributed by atoms with E-state index in [0.29, 0.717) is 11.3 Å². The topological polar surface area (TPSA) is 29.5 Å². The molecule has 0 saturated heterocycles. The molecule has 0 saturated carbocycles. The molecule has 3 nitrogen and oxygen atoms in total. The van der Waals surface area contributed by atoms with Crippen LogP contribution < -0.4 is 4.74 Å². The second kappa shape index (κ2) is 9.33. The normalized spacial score (nSPS) is 11.7. The van der Waals surface area contributed by atoms with E-state index in [-0.39, 0.29) is 24.1 Å². The zero-order chi connectivity index (χ0) is 15.9. The minimum absolute atomic E-state index is 0.